The quantitative estimate of drug-likeness (QED) is 0.437. The maximum Gasteiger partial charge on any atom is 0.427 e. The van der Waals surface area contributed by atoms with Crippen molar-refractivity contribution in [1.29, 1.82) is 0 Å². The summed E-state index contributed by atoms with van der Waals surface area (Å²) in [6.45, 7) is -0.235. The Hall–Kier alpha value is -3.47. The van der Waals surface area contributed by atoms with Crippen LogP contribution in [0, 0.1) is 0 Å². The lowest BCUT2D eigenvalue weighted by Gasteiger charge is -2.16. The second-order valence-corrected chi connectivity index (χ2v) is 9.40. The molecular weight excluding hydrogens is 540 g/mol. The summed E-state index contributed by atoms with van der Waals surface area (Å²) in [4.78, 5) is 54.4. The lowest BCUT2D eigenvalue weighted by Crippen LogP contribution is -2.30. The number of anilines is 1. The number of hydrogen-bond donors (Lipinski definition) is 3. The molecule has 1 fully saturated rings. The smallest absolute Gasteiger partial charge is 0.351 e. The summed E-state index contributed by atoms with van der Waals surface area (Å²) in [5.41, 5.74) is 5.56. The molecule has 1 aromatic heterocycles. The van der Waals surface area contributed by atoms with Gasteiger partial charge in [0.15, 0.2) is 5.78 Å². The summed E-state index contributed by atoms with van der Waals surface area (Å²) in [5.74, 6) is -0.489. The molecule has 3 aromatic rings. The van der Waals surface area contributed by atoms with E-state index in [1.165, 1.54) is 10.6 Å². The Morgan fingerprint density at radius 2 is 1.86 bits per heavy atom. The van der Waals surface area contributed by atoms with Crippen molar-refractivity contribution in [1.82, 2.24) is 15.4 Å². The molecule has 0 radical (unpaired) electrons. The number of benzene rings is 2. The molecule has 3 N–H and O–H groups in total. The van der Waals surface area contributed by atoms with E-state index in [1.54, 1.807) is 42.5 Å². The summed E-state index contributed by atoms with van der Waals surface area (Å²) in [7, 11) is 0. The van der Waals surface area contributed by atoms with Gasteiger partial charge >= 0.3 is 6.09 Å². The third-order valence-corrected chi connectivity index (χ3v) is 6.79. The van der Waals surface area contributed by atoms with E-state index in [0.717, 1.165) is 5.56 Å². The van der Waals surface area contributed by atoms with Gasteiger partial charge < -0.3 is 14.7 Å². The fraction of sp³-hybridized carbons (Fsp3) is 0.167. The van der Waals surface area contributed by atoms with Crippen molar-refractivity contribution >= 4 is 51.0 Å². The third-order valence-electron chi connectivity index (χ3n) is 5.87. The Kier molecular flexibility index (Phi) is 6.18. The minimum atomic E-state index is -0.572. The van der Waals surface area contributed by atoms with Gasteiger partial charge in [0.1, 0.15) is 12.7 Å². The zero-order valence-electron chi connectivity index (χ0n) is 18.1. The number of fused-ring (bicyclic) bond motifs is 1. The zero-order valence-corrected chi connectivity index (χ0v) is 20.4. The van der Waals surface area contributed by atoms with Crippen molar-refractivity contribution in [3.63, 3.8) is 0 Å². The van der Waals surface area contributed by atoms with Crippen LogP contribution in [-0.2, 0) is 22.6 Å². The highest BCUT2D eigenvalue weighted by molar-refractivity contribution is 9.10. The van der Waals surface area contributed by atoms with Crippen LogP contribution in [0.2, 0.25) is 5.02 Å². The van der Waals surface area contributed by atoms with Crippen molar-refractivity contribution < 1.29 is 19.2 Å². The van der Waals surface area contributed by atoms with Crippen LogP contribution < -0.4 is 21.7 Å². The van der Waals surface area contributed by atoms with Gasteiger partial charge in [0.05, 0.1) is 0 Å². The molecule has 0 bridgehead atoms. The molecule has 5 rings (SSSR count). The van der Waals surface area contributed by atoms with E-state index in [2.05, 4.69) is 36.9 Å². The Morgan fingerprint density at radius 3 is 2.57 bits per heavy atom. The van der Waals surface area contributed by atoms with Gasteiger partial charge in [0.2, 0.25) is 5.91 Å². The predicted octanol–water partition coefficient (Wildman–Crippen LogP) is 3.94. The molecule has 2 aromatic carbocycles. The fourth-order valence-electron chi connectivity index (χ4n) is 4.26. The number of nitrogens with one attached hydrogen (secondary N) is 3. The first-order valence-corrected chi connectivity index (χ1v) is 11.9. The van der Waals surface area contributed by atoms with Crippen LogP contribution in [0.4, 0.5) is 10.5 Å². The van der Waals surface area contributed by atoms with Crippen LogP contribution in [0.3, 0.4) is 0 Å². The Balaban J connectivity index is 1.39. The summed E-state index contributed by atoms with van der Waals surface area (Å²) >= 11 is 9.62. The van der Waals surface area contributed by atoms with Crippen molar-refractivity contribution in [3.8, 4) is 11.1 Å². The van der Waals surface area contributed by atoms with E-state index in [1.807, 2.05) is 0 Å². The Morgan fingerprint density at radius 1 is 1.09 bits per heavy atom. The third kappa shape index (κ3) is 4.60. The molecule has 9 nitrogen and oxygen atoms in total. The van der Waals surface area contributed by atoms with Crippen molar-refractivity contribution in [2.24, 2.45) is 0 Å². The number of carbonyl (C=O) groups is 3. The first-order chi connectivity index (χ1) is 16.8. The molecule has 1 saturated heterocycles. The van der Waals surface area contributed by atoms with Crippen LogP contribution >= 0.6 is 27.5 Å². The van der Waals surface area contributed by atoms with Gasteiger partial charge in [-0.05, 0) is 47.9 Å². The second kappa shape index (κ2) is 9.29. The molecule has 1 unspecified atom stereocenters. The van der Waals surface area contributed by atoms with Gasteiger partial charge in [-0.1, -0.05) is 39.7 Å². The number of hydrogen-bond acceptors (Lipinski definition) is 6. The molecule has 2 amide bonds. The van der Waals surface area contributed by atoms with Gasteiger partial charge in [-0.3, -0.25) is 19.7 Å². The second-order valence-electron chi connectivity index (χ2n) is 8.11. The molecular formula is C24H18BrClN4O5. The van der Waals surface area contributed by atoms with Gasteiger partial charge in [0.25, 0.3) is 5.56 Å². The molecule has 35 heavy (non-hydrogen) atoms. The Labute approximate surface area is 212 Å². The largest absolute Gasteiger partial charge is 0.427 e. The van der Waals surface area contributed by atoms with E-state index in [0.29, 0.717) is 44.0 Å². The number of rotatable bonds is 5. The highest BCUT2D eigenvalue weighted by atomic mass is 79.9. The maximum atomic E-state index is 13.1. The van der Waals surface area contributed by atoms with Crippen molar-refractivity contribution in [3.05, 3.63) is 85.2 Å². The van der Waals surface area contributed by atoms with Crippen molar-refractivity contribution in [2.45, 2.75) is 25.6 Å². The number of ketones is 1. The van der Waals surface area contributed by atoms with Gasteiger partial charge in [-0.2, -0.15) is 0 Å². The number of nitrogens with zero attached hydrogens (tertiary/aromatic N) is 1. The van der Waals surface area contributed by atoms with Crippen LogP contribution in [-0.4, -0.2) is 22.4 Å². The molecule has 1 atom stereocenters. The fourth-order valence-corrected chi connectivity index (χ4v) is 4.89. The SMILES string of the molecule is O=C(Cn1c2c(c(-c3cc(Cl)ccc3Br)cc1=O)C(=O)CC2)Nc1ccc(C2NOC(=O)N2)cc1. The van der Waals surface area contributed by atoms with Gasteiger partial charge in [-0.15, -0.1) is 5.48 Å². The number of halogens is 2. The van der Waals surface area contributed by atoms with Crippen LogP contribution in [0.5, 0.6) is 0 Å². The Bertz CT molecular complexity index is 1440. The minimum Gasteiger partial charge on any atom is -0.351 e. The molecule has 0 saturated carbocycles. The predicted molar refractivity (Wildman–Crippen MR) is 132 cm³/mol. The van der Waals surface area contributed by atoms with E-state index >= 15 is 0 Å². The molecule has 1 aliphatic heterocycles. The minimum absolute atomic E-state index is 0.0804. The highest BCUT2D eigenvalue weighted by Gasteiger charge is 2.29. The summed E-state index contributed by atoms with van der Waals surface area (Å²) < 4.78 is 2.06. The lowest BCUT2D eigenvalue weighted by molar-refractivity contribution is -0.116. The lowest BCUT2D eigenvalue weighted by atomic mass is 9.99. The summed E-state index contributed by atoms with van der Waals surface area (Å²) in [6.07, 6.45) is -0.413. The highest BCUT2D eigenvalue weighted by Crippen LogP contribution is 2.36. The zero-order chi connectivity index (χ0) is 24.7. The van der Waals surface area contributed by atoms with Crippen molar-refractivity contribution in [2.75, 3.05) is 5.32 Å². The molecule has 178 valence electrons. The van der Waals surface area contributed by atoms with Crippen LogP contribution in [0.15, 0.2) is 57.8 Å². The van der Waals surface area contributed by atoms with E-state index in [-0.39, 0.29) is 24.3 Å². The number of pyridine rings is 1. The monoisotopic (exact) mass is 556 g/mol. The van der Waals surface area contributed by atoms with Gasteiger partial charge in [-0.25, -0.2) is 4.79 Å². The first-order valence-electron chi connectivity index (χ1n) is 10.7. The average molecular weight is 558 g/mol. The number of aromatic nitrogens is 1. The van der Waals surface area contributed by atoms with Gasteiger partial charge in [0, 0.05) is 44.5 Å². The number of hydroxylamine groups is 1. The number of amides is 2. The molecule has 1 aliphatic carbocycles. The molecule has 11 heteroatoms. The van der Waals surface area contributed by atoms with Crippen LogP contribution in [0.1, 0.15) is 34.2 Å². The standard InChI is InChI=1S/C24H18BrClN4O5/c25-17-6-3-13(26)9-15(17)16-10-21(33)30(18-7-8-19(31)22(16)18)11-20(32)27-14-4-1-12(2-5-14)23-28-24(34)35-29-23/h1-6,9-10,23,29H,7-8,11H2,(H,27,32)(H,28,34). The van der Waals surface area contributed by atoms with Crippen LogP contribution in [0.25, 0.3) is 11.1 Å². The molecule has 2 heterocycles. The summed E-state index contributed by atoms with van der Waals surface area (Å²) in [6, 6.07) is 13.4. The number of carbonyl (C=O) groups excluding carboxylic acids is 3. The molecule has 0 spiro atoms. The number of Topliss-reactive ketones (excluding diaryl/α,β-unsaturated/α-hetero) is 1. The summed E-state index contributed by atoms with van der Waals surface area (Å²) in [5, 5.41) is 5.83. The maximum absolute atomic E-state index is 13.1. The van der Waals surface area contributed by atoms with E-state index in [9.17, 15) is 19.2 Å². The van der Waals surface area contributed by atoms with E-state index in [4.69, 9.17) is 11.6 Å². The van der Waals surface area contributed by atoms with E-state index < -0.39 is 18.2 Å². The first kappa shape index (κ1) is 23.3. The normalized spacial score (nSPS) is 16.6. The molecule has 2 aliphatic rings. The average Bonchev–Trinajstić information content (AvgIpc) is 3.43. The topological polar surface area (TPSA) is 119 Å².